The highest BCUT2D eigenvalue weighted by Crippen LogP contribution is 2.23. The maximum atomic E-state index is 9.21. The number of hydrogen-bond acceptors (Lipinski definition) is 3. The van der Waals surface area contributed by atoms with Crippen molar-refractivity contribution in [3.8, 4) is 0 Å². The van der Waals surface area contributed by atoms with E-state index in [1.807, 2.05) is 18.2 Å². The van der Waals surface area contributed by atoms with E-state index in [1.165, 1.54) is 18.4 Å². The van der Waals surface area contributed by atoms with Crippen molar-refractivity contribution < 1.29 is 5.11 Å². The lowest BCUT2D eigenvalue weighted by molar-refractivity contribution is 0.179. The molecule has 5 heteroatoms. The molecule has 106 valence electrons. The summed E-state index contributed by atoms with van der Waals surface area (Å²) < 4.78 is 1.03. The summed E-state index contributed by atoms with van der Waals surface area (Å²) in [6.45, 7) is 3.82. The monoisotopic (exact) mass is 346 g/mol. The van der Waals surface area contributed by atoms with Gasteiger partial charge in [0.25, 0.3) is 0 Å². The van der Waals surface area contributed by atoms with Gasteiger partial charge in [-0.25, -0.2) is 0 Å². The molecule has 1 aliphatic heterocycles. The summed E-state index contributed by atoms with van der Waals surface area (Å²) in [5.41, 5.74) is 1.20. The maximum absolute atomic E-state index is 9.21. The van der Waals surface area contributed by atoms with Crippen molar-refractivity contribution in [1.82, 2.24) is 10.2 Å². The number of benzene rings is 1. The minimum absolute atomic E-state index is 0.192. The van der Waals surface area contributed by atoms with E-state index in [2.05, 4.69) is 26.1 Å². The molecule has 19 heavy (non-hydrogen) atoms. The molecule has 0 radical (unpaired) electrons. The van der Waals surface area contributed by atoms with Gasteiger partial charge in [-0.2, -0.15) is 0 Å². The Balaban J connectivity index is 1.98. The van der Waals surface area contributed by atoms with Crippen molar-refractivity contribution in [2.24, 2.45) is 0 Å². The van der Waals surface area contributed by atoms with E-state index in [-0.39, 0.29) is 6.61 Å². The first-order chi connectivity index (χ1) is 9.19. The van der Waals surface area contributed by atoms with Crippen molar-refractivity contribution >= 4 is 27.5 Å². The number of nitrogens with zero attached hydrogens (tertiary/aromatic N) is 1. The lowest BCUT2D eigenvalue weighted by Gasteiger charge is -2.25. The third-order valence-electron chi connectivity index (χ3n) is 3.47. The second-order valence-electron chi connectivity index (χ2n) is 4.99. The normalized spacial score (nSPS) is 19.3. The van der Waals surface area contributed by atoms with E-state index < -0.39 is 0 Å². The molecule has 0 spiro atoms. The second-order valence-corrected chi connectivity index (χ2v) is 6.28. The molecule has 1 aromatic carbocycles. The van der Waals surface area contributed by atoms with Gasteiger partial charge in [0.1, 0.15) is 0 Å². The second kappa shape index (κ2) is 7.60. The third kappa shape index (κ3) is 4.72. The van der Waals surface area contributed by atoms with Gasteiger partial charge in [0, 0.05) is 35.2 Å². The minimum Gasteiger partial charge on any atom is -0.395 e. The molecule has 0 aromatic heterocycles. The Kier molecular flexibility index (Phi) is 6.10. The fourth-order valence-corrected chi connectivity index (χ4v) is 3.30. The van der Waals surface area contributed by atoms with Crippen LogP contribution in [0.4, 0.5) is 0 Å². The molecule has 1 aliphatic rings. The Labute approximate surface area is 128 Å². The van der Waals surface area contributed by atoms with Crippen LogP contribution in [0.15, 0.2) is 22.7 Å². The van der Waals surface area contributed by atoms with Gasteiger partial charge in [-0.3, -0.25) is 4.90 Å². The summed E-state index contributed by atoms with van der Waals surface area (Å²) in [6, 6.07) is 6.42. The third-order valence-corrected chi connectivity index (χ3v) is 4.44. The summed E-state index contributed by atoms with van der Waals surface area (Å²) >= 11 is 9.51. The number of halogens is 2. The van der Waals surface area contributed by atoms with Gasteiger partial charge in [-0.1, -0.05) is 33.6 Å². The summed E-state index contributed by atoms with van der Waals surface area (Å²) in [5.74, 6) is 0. The van der Waals surface area contributed by atoms with Gasteiger partial charge < -0.3 is 10.4 Å². The fourth-order valence-electron chi connectivity index (χ4n) is 2.49. The largest absolute Gasteiger partial charge is 0.395 e. The molecule has 0 amide bonds. The van der Waals surface area contributed by atoms with Crippen LogP contribution >= 0.6 is 27.5 Å². The molecule has 3 nitrogen and oxygen atoms in total. The summed E-state index contributed by atoms with van der Waals surface area (Å²) in [7, 11) is 0. The van der Waals surface area contributed by atoms with E-state index in [1.54, 1.807) is 0 Å². The molecule has 1 heterocycles. The van der Waals surface area contributed by atoms with E-state index in [0.717, 1.165) is 29.1 Å². The number of rotatable bonds is 6. The molecule has 0 bridgehead atoms. The Hall–Kier alpha value is -0.130. The standard InChI is InChI=1S/C14H20BrClN2O/c15-14-8-12(16)4-3-11(14)9-18(6-7-19)10-13-2-1-5-17-13/h3-4,8,13,17,19H,1-2,5-7,9-10H2. The number of hydrogen-bond donors (Lipinski definition) is 2. The van der Waals surface area contributed by atoms with Crippen molar-refractivity contribution in [2.75, 3.05) is 26.2 Å². The van der Waals surface area contributed by atoms with Crippen LogP contribution in [0.25, 0.3) is 0 Å². The van der Waals surface area contributed by atoms with Gasteiger partial charge in [0.05, 0.1) is 6.61 Å². The lowest BCUT2D eigenvalue weighted by Crippen LogP contribution is -2.38. The smallest absolute Gasteiger partial charge is 0.0558 e. The van der Waals surface area contributed by atoms with Crippen molar-refractivity contribution in [3.05, 3.63) is 33.3 Å². The zero-order chi connectivity index (χ0) is 13.7. The number of nitrogens with one attached hydrogen (secondary N) is 1. The van der Waals surface area contributed by atoms with Crippen LogP contribution in [-0.2, 0) is 6.54 Å². The average molecular weight is 348 g/mol. The molecular formula is C14H20BrClN2O. The zero-order valence-corrected chi connectivity index (χ0v) is 13.3. The van der Waals surface area contributed by atoms with Crippen molar-refractivity contribution in [3.63, 3.8) is 0 Å². The van der Waals surface area contributed by atoms with E-state index in [4.69, 9.17) is 11.6 Å². The Morgan fingerprint density at radius 2 is 2.32 bits per heavy atom. The molecule has 1 unspecified atom stereocenters. The van der Waals surface area contributed by atoms with Gasteiger partial charge >= 0.3 is 0 Å². The Bertz CT molecular complexity index is 410. The predicted octanol–water partition coefficient (Wildman–Crippen LogP) is 2.65. The van der Waals surface area contributed by atoms with Crippen LogP contribution in [0.2, 0.25) is 5.02 Å². The summed E-state index contributed by atoms with van der Waals surface area (Å²) in [6.07, 6.45) is 2.48. The molecule has 0 saturated carbocycles. The van der Waals surface area contributed by atoms with Crippen LogP contribution in [0.5, 0.6) is 0 Å². The van der Waals surface area contributed by atoms with Gasteiger partial charge in [0.2, 0.25) is 0 Å². The van der Waals surface area contributed by atoms with Gasteiger partial charge in [0.15, 0.2) is 0 Å². The average Bonchev–Trinajstić information content (AvgIpc) is 2.86. The summed E-state index contributed by atoms with van der Waals surface area (Å²) in [4.78, 5) is 2.29. The topological polar surface area (TPSA) is 35.5 Å². The van der Waals surface area contributed by atoms with E-state index >= 15 is 0 Å². The minimum atomic E-state index is 0.192. The quantitative estimate of drug-likeness (QED) is 0.830. The molecule has 2 N–H and O–H groups in total. The van der Waals surface area contributed by atoms with Crippen molar-refractivity contribution in [1.29, 1.82) is 0 Å². The zero-order valence-electron chi connectivity index (χ0n) is 10.9. The molecule has 0 aliphatic carbocycles. The van der Waals surface area contributed by atoms with Crippen LogP contribution in [0.3, 0.4) is 0 Å². The molecule has 1 saturated heterocycles. The van der Waals surface area contributed by atoms with Crippen LogP contribution in [0.1, 0.15) is 18.4 Å². The summed E-state index contributed by atoms with van der Waals surface area (Å²) in [5, 5.41) is 13.4. The first-order valence-corrected chi connectivity index (χ1v) is 7.86. The highest BCUT2D eigenvalue weighted by Gasteiger charge is 2.18. The molecule has 1 fully saturated rings. The fraction of sp³-hybridized carbons (Fsp3) is 0.571. The molecule has 1 atom stereocenters. The molecular weight excluding hydrogens is 328 g/mol. The number of aliphatic hydroxyl groups excluding tert-OH is 1. The highest BCUT2D eigenvalue weighted by molar-refractivity contribution is 9.10. The maximum Gasteiger partial charge on any atom is 0.0558 e. The first-order valence-electron chi connectivity index (χ1n) is 6.69. The van der Waals surface area contributed by atoms with Crippen LogP contribution in [0, 0.1) is 0 Å². The SMILES string of the molecule is OCCN(Cc1ccc(Cl)cc1Br)CC1CCCN1. The Morgan fingerprint density at radius 3 is 2.95 bits per heavy atom. The van der Waals surface area contributed by atoms with E-state index in [9.17, 15) is 5.11 Å². The number of aliphatic hydroxyl groups is 1. The Morgan fingerprint density at radius 1 is 1.47 bits per heavy atom. The van der Waals surface area contributed by atoms with Gasteiger partial charge in [-0.05, 0) is 37.1 Å². The first kappa shape index (κ1) is 15.3. The predicted molar refractivity (Wildman–Crippen MR) is 82.5 cm³/mol. The van der Waals surface area contributed by atoms with Crippen molar-refractivity contribution in [2.45, 2.75) is 25.4 Å². The molecule has 2 rings (SSSR count). The lowest BCUT2D eigenvalue weighted by atomic mass is 10.1. The van der Waals surface area contributed by atoms with E-state index in [0.29, 0.717) is 12.6 Å². The van der Waals surface area contributed by atoms with Crippen LogP contribution in [-0.4, -0.2) is 42.3 Å². The van der Waals surface area contributed by atoms with Gasteiger partial charge in [-0.15, -0.1) is 0 Å². The highest BCUT2D eigenvalue weighted by atomic mass is 79.9. The molecule has 1 aromatic rings. The van der Waals surface area contributed by atoms with Crippen LogP contribution < -0.4 is 5.32 Å².